The molecular weight excluding hydrogens is 218 g/mol. The number of carbonyl (C=O) groups excluding carboxylic acids is 1. The Hall–Kier alpha value is -0.610. The van der Waals surface area contributed by atoms with Crippen LogP contribution >= 0.6 is 0 Å². The van der Waals surface area contributed by atoms with Crippen molar-refractivity contribution < 1.29 is 14.6 Å². The molecule has 2 N–H and O–H groups in total. The molecule has 3 aliphatic rings. The van der Waals surface area contributed by atoms with Crippen LogP contribution < -0.4 is 5.32 Å². The molecule has 0 aromatic heterocycles. The van der Waals surface area contributed by atoms with Gasteiger partial charge in [-0.2, -0.15) is 0 Å². The fourth-order valence-electron chi connectivity index (χ4n) is 4.13. The number of carbonyl (C=O) groups is 1. The van der Waals surface area contributed by atoms with Gasteiger partial charge in [-0.1, -0.05) is 6.92 Å². The number of hydrogen-bond acceptors (Lipinski definition) is 4. The second-order valence-electron chi connectivity index (χ2n) is 5.97. The number of piperidine rings is 1. The lowest BCUT2D eigenvalue weighted by Gasteiger charge is -2.52. The van der Waals surface area contributed by atoms with E-state index in [2.05, 4.69) is 12.2 Å². The summed E-state index contributed by atoms with van der Waals surface area (Å²) in [5, 5.41) is 13.5. The predicted molar refractivity (Wildman–Crippen MR) is 62.3 cm³/mol. The lowest BCUT2D eigenvalue weighted by atomic mass is 9.58. The maximum absolute atomic E-state index is 11.7. The van der Waals surface area contributed by atoms with Gasteiger partial charge in [0.15, 0.2) is 0 Å². The average Bonchev–Trinajstić information content (AvgIpc) is 2.48. The number of aliphatic hydroxyl groups excluding tert-OH is 1. The van der Waals surface area contributed by atoms with Crippen molar-refractivity contribution >= 4 is 5.97 Å². The largest absolute Gasteiger partial charge is 0.465 e. The Kier molecular flexibility index (Phi) is 2.67. The second kappa shape index (κ2) is 3.95. The molecule has 0 radical (unpaired) electrons. The van der Waals surface area contributed by atoms with Crippen LogP contribution in [0.1, 0.15) is 32.6 Å². The van der Waals surface area contributed by atoms with Crippen LogP contribution in [0, 0.1) is 17.3 Å². The number of esters is 1. The van der Waals surface area contributed by atoms with Crippen LogP contribution in [0.4, 0.5) is 0 Å². The Morgan fingerprint density at radius 3 is 3.12 bits per heavy atom. The Morgan fingerprint density at radius 2 is 2.35 bits per heavy atom. The zero-order valence-electron chi connectivity index (χ0n) is 10.3. The summed E-state index contributed by atoms with van der Waals surface area (Å²) in [7, 11) is 0. The lowest BCUT2D eigenvalue weighted by molar-refractivity contribution is -0.145. The van der Waals surface area contributed by atoms with E-state index in [9.17, 15) is 9.90 Å². The molecule has 2 heterocycles. The zero-order chi connectivity index (χ0) is 12.0. The highest BCUT2D eigenvalue weighted by atomic mass is 16.5. The van der Waals surface area contributed by atoms with Gasteiger partial charge in [0.25, 0.3) is 0 Å². The van der Waals surface area contributed by atoms with Crippen LogP contribution in [0.2, 0.25) is 0 Å². The molecule has 0 amide bonds. The Morgan fingerprint density at radius 1 is 1.53 bits per heavy atom. The van der Waals surface area contributed by atoms with Gasteiger partial charge >= 0.3 is 5.97 Å². The van der Waals surface area contributed by atoms with Crippen LogP contribution in [-0.2, 0) is 9.53 Å². The van der Waals surface area contributed by atoms with Gasteiger partial charge in [0.05, 0.1) is 19.1 Å². The van der Waals surface area contributed by atoms with E-state index in [1.54, 1.807) is 0 Å². The minimum atomic E-state index is -0.275. The number of rotatable bonds is 1. The molecule has 0 spiro atoms. The van der Waals surface area contributed by atoms with Crippen LogP contribution in [0.15, 0.2) is 0 Å². The zero-order valence-corrected chi connectivity index (χ0v) is 10.3. The van der Waals surface area contributed by atoms with Gasteiger partial charge in [0.1, 0.15) is 0 Å². The molecule has 1 aliphatic carbocycles. The van der Waals surface area contributed by atoms with Gasteiger partial charge in [-0.05, 0) is 36.5 Å². The van der Waals surface area contributed by atoms with Crippen LogP contribution in [0.5, 0.6) is 0 Å². The van der Waals surface area contributed by atoms with Crippen molar-refractivity contribution in [1.29, 1.82) is 0 Å². The van der Waals surface area contributed by atoms with Gasteiger partial charge in [0.2, 0.25) is 0 Å². The van der Waals surface area contributed by atoms with Crippen molar-refractivity contribution in [3.8, 4) is 0 Å². The quantitative estimate of drug-likeness (QED) is 0.661. The first-order valence-electron chi connectivity index (χ1n) is 6.72. The van der Waals surface area contributed by atoms with Crippen molar-refractivity contribution in [3.05, 3.63) is 0 Å². The molecule has 2 aliphatic heterocycles. The molecule has 96 valence electrons. The topological polar surface area (TPSA) is 58.6 Å². The third-order valence-electron chi connectivity index (χ3n) is 5.25. The Balaban J connectivity index is 1.94. The van der Waals surface area contributed by atoms with Gasteiger partial charge in [-0.25, -0.2) is 0 Å². The van der Waals surface area contributed by atoms with Crippen LogP contribution in [-0.4, -0.2) is 36.4 Å². The lowest BCUT2D eigenvalue weighted by Crippen LogP contribution is -2.60. The first-order chi connectivity index (χ1) is 8.14. The van der Waals surface area contributed by atoms with Gasteiger partial charge in [-0.15, -0.1) is 0 Å². The van der Waals surface area contributed by atoms with E-state index in [4.69, 9.17) is 4.74 Å². The highest BCUT2D eigenvalue weighted by Gasteiger charge is 2.53. The summed E-state index contributed by atoms with van der Waals surface area (Å²) in [5.41, 5.74) is 0.0644. The minimum absolute atomic E-state index is 0.0593. The molecule has 4 heteroatoms. The van der Waals surface area contributed by atoms with Gasteiger partial charge in [0, 0.05) is 12.6 Å². The number of cyclic esters (lactones) is 1. The molecule has 5 atom stereocenters. The molecule has 17 heavy (non-hydrogen) atoms. The summed E-state index contributed by atoms with van der Waals surface area (Å²) >= 11 is 0. The molecule has 0 aromatic carbocycles. The van der Waals surface area contributed by atoms with E-state index >= 15 is 0 Å². The smallest absolute Gasteiger partial charge is 0.306 e. The van der Waals surface area contributed by atoms with Crippen LogP contribution in [0.3, 0.4) is 0 Å². The van der Waals surface area contributed by atoms with E-state index in [1.165, 1.54) is 0 Å². The predicted octanol–water partition coefficient (Wildman–Crippen LogP) is 0.689. The standard InChI is InChI=1S/C13H21NO3/c1-2-13-5-12(16)17-6-8-3-11(15)10(14-7-13)4-9(8)13/h8-11,14-15H,2-7H2,1H3/t8?,9?,10?,11-,13?/m1/s1. The molecule has 4 unspecified atom stereocenters. The fraction of sp³-hybridized carbons (Fsp3) is 0.923. The van der Waals surface area contributed by atoms with Crippen molar-refractivity contribution in [3.63, 3.8) is 0 Å². The molecule has 4 nitrogen and oxygen atoms in total. The van der Waals surface area contributed by atoms with E-state index in [0.29, 0.717) is 24.9 Å². The number of ether oxygens (including phenoxy) is 1. The molecular formula is C13H21NO3. The summed E-state index contributed by atoms with van der Waals surface area (Å²) in [6, 6.07) is 0.226. The maximum atomic E-state index is 11.7. The van der Waals surface area contributed by atoms with Crippen molar-refractivity contribution in [2.75, 3.05) is 13.2 Å². The van der Waals surface area contributed by atoms with E-state index in [-0.39, 0.29) is 23.5 Å². The summed E-state index contributed by atoms with van der Waals surface area (Å²) in [6.07, 6.45) is 3.05. The van der Waals surface area contributed by atoms with Crippen molar-refractivity contribution in [2.24, 2.45) is 17.3 Å². The molecule has 3 rings (SSSR count). The summed E-state index contributed by atoms with van der Waals surface area (Å²) < 4.78 is 5.32. The minimum Gasteiger partial charge on any atom is -0.465 e. The Labute approximate surface area is 102 Å². The molecule has 1 saturated carbocycles. The third-order valence-corrected chi connectivity index (χ3v) is 5.25. The Bertz CT molecular complexity index is 333. The number of fused-ring (bicyclic) bond motifs is 1. The average molecular weight is 239 g/mol. The SMILES string of the molecule is CCC12CNC3CC1C(COC(=O)C2)C[C@H]3O. The van der Waals surface area contributed by atoms with Crippen molar-refractivity contribution in [1.82, 2.24) is 5.32 Å². The third kappa shape index (κ3) is 1.69. The van der Waals surface area contributed by atoms with Gasteiger partial charge in [-0.3, -0.25) is 4.79 Å². The monoisotopic (exact) mass is 239 g/mol. The number of hydrogen-bond donors (Lipinski definition) is 2. The van der Waals surface area contributed by atoms with E-state index < -0.39 is 0 Å². The number of nitrogens with one attached hydrogen (secondary N) is 1. The normalized spacial score (nSPS) is 49.4. The summed E-state index contributed by atoms with van der Waals surface area (Å²) in [5.74, 6) is 0.833. The summed E-state index contributed by atoms with van der Waals surface area (Å²) in [4.78, 5) is 11.7. The van der Waals surface area contributed by atoms with E-state index in [1.807, 2.05) is 0 Å². The molecule has 0 aromatic rings. The molecule has 2 bridgehead atoms. The first-order valence-corrected chi connectivity index (χ1v) is 6.72. The van der Waals surface area contributed by atoms with Crippen molar-refractivity contribution in [2.45, 2.75) is 44.8 Å². The highest BCUT2D eigenvalue weighted by molar-refractivity contribution is 5.70. The van der Waals surface area contributed by atoms with Gasteiger partial charge < -0.3 is 15.2 Å². The second-order valence-corrected chi connectivity index (χ2v) is 5.97. The fourth-order valence-corrected chi connectivity index (χ4v) is 4.13. The first kappa shape index (κ1) is 11.5. The van der Waals surface area contributed by atoms with Crippen LogP contribution in [0.25, 0.3) is 0 Å². The van der Waals surface area contributed by atoms with E-state index in [0.717, 1.165) is 25.8 Å². The molecule has 2 saturated heterocycles. The maximum Gasteiger partial charge on any atom is 0.306 e. The molecule has 3 fully saturated rings. The highest BCUT2D eigenvalue weighted by Crippen LogP contribution is 2.50. The summed E-state index contributed by atoms with van der Waals surface area (Å²) in [6.45, 7) is 3.53. The number of aliphatic hydroxyl groups is 1.